The molecule has 0 unspecified atom stereocenters. The van der Waals surface area contributed by atoms with E-state index in [1.165, 1.54) is 37.9 Å². The molecule has 4 heteroatoms. The van der Waals surface area contributed by atoms with E-state index in [1.807, 2.05) is 6.07 Å². The highest BCUT2D eigenvalue weighted by Gasteiger charge is 2.14. The van der Waals surface area contributed by atoms with Crippen molar-refractivity contribution in [2.75, 3.05) is 26.4 Å². The maximum atomic E-state index is 5.38. The largest absolute Gasteiger partial charge is 0.454 e. The van der Waals surface area contributed by atoms with Crippen LogP contribution in [0.4, 0.5) is 0 Å². The number of ether oxygens (including phenoxy) is 2. The standard InChI is InChI=1S/C15H22N2O2/c1-2-14-15(19-11-18-14)9-13(1)10-17-8-5-12-3-6-16-7-4-12/h1-2,9,12,16-17H,3-8,10-11H2. The lowest BCUT2D eigenvalue weighted by atomic mass is 9.95. The van der Waals surface area contributed by atoms with Gasteiger partial charge in [-0.15, -0.1) is 0 Å². The summed E-state index contributed by atoms with van der Waals surface area (Å²) in [6, 6.07) is 6.16. The first-order valence-corrected chi connectivity index (χ1v) is 7.22. The summed E-state index contributed by atoms with van der Waals surface area (Å²) in [5, 5.41) is 6.93. The number of hydrogen-bond acceptors (Lipinski definition) is 4. The zero-order chi connectivity index (χ0) is 12.9. The molecule has 1 fully saturated rings. The Morgan fingerprint density at radius 2 is 2.00 bits per heavy atom. The molecule has 0 bridgehead atoms. The monoisotopic (exact) mass is 262 g/mol. The van der Waals surface area contributed by atoms with Crippen LogP contribution in [-0.2, 0) is 6.54 Å². The van der Waals surface area contributed by atoms with Gasteiger partial charge in [-0.2, -0.15) is 0 Å². The van der Waals surface area contributed by atoms with Gasteiger partial charge in [0.05, 0.1) is 0 Å². The zero-order valence-electron chi connectivity index (χ0n) is 11.3. The van der Waals surface area contributed by atoms with Crippen LogP contribution in [0.3, 0.4) is 0 Å². The van der Waals surface area contributed by atoms with Crippen molar-refractivity contribution in [3.8, 4) is 11.5 Å². The Bertz CT molecular complexity index is 417. The van der Waals surface area contributed by atoms with Gasteiger partial charge in [-0.25, -0.2) is 0 Å². The van der Waals surface area contributed by atoms with Crippen LogP contribution in [0.5, 0.6) is 11.5 Å². The van der Waals surface area contributed by atoms with E-state index in [2.05, 4.69) is 22.8 Å². The third-order valence-corrected chi connectivity index (χ3v) is 3.95. The molecule has 0 saturated carbocycles. The number of piperidine rings is 1. The number of fused-ring (bicyclic) bond motifs is 1. The molecule has 2 heterocycles. The van der Waals surface area contributed by atoms with Gasteiger partial charge in [-0.05, 0) is 62.5 Å². The smallest absolute Gasteiger partial charge is 0.231 e. The highest BCUT2D eigenvalue weighted by atomic mass is 16.7. The van der Waals surface area contributed by atoms with E-state index in [1.54, 1.807) is 0 Å². The predicted molar refractivity (Wildman–Crippen MR) is 74.5 cm³/mol. The van der Waals surface area contributed by atoms with Gasteiger partial charge in [0.2, 0.25) is 6.79 Å². The molecular weight excluding hydrogens is 240 g/mol. The van der Waals surface area contributed by atoms with Crippen LogP contribution in [0.1, 0.15) is 24.8 Å². The Morgan fingerprint density at radius 3 is 2.89 bits per heavy atom. The van der Waals surface area contributed by atoms with Crippen molar-refractivity contribution in [1.29, 1.82) is 0 Å². The van der Waals surface area contributed by atoms with Crippen molar-refractivity contribution in [1.82, 2.24) is 10.6 Å². The second kappa shape index (κ2) is 6.26. The Labute approximate surface area is 114 Å². The average molecular weight is 262 g/mol. The Kier molecular flexibility index (Phi) is 4.20. The van der Waals surface area contributed by atoms with Crippen molar-refractivity contribution >= 4 is 0 Å². The average Bonchev–Trinajstić information content (AvgIpc) is 2.92. The molecule has 0 atom stereocenters. The summed E-state index contributed by atoms with van der Waals surface area (Å²) in [5.41, 5.74) is 1.26. The minimum Gasteiger partial charge on any atom is -0.454 e. The predicted octanol–water partition coefficient (Wildman–Crippen LogP) is 1.89. The van der Waals surface area contributed by atoms with Gasteiger partial charge >= 0.3 is 0 Å². The Hall–Kier alpha value is -1.26. The van der Waals surface area contributed by atoms with Crippen molar-refractivity contribution in [2.45, 2.75) is 25.8 Å². The number of nitrogens with one attached hydrogen (secondary N) is 2. The van der Waals surface area contributed by atoms with Crippen molar-refractivity contribution in [3.05, 3.63) is 23.8 Å². The van der Waals surface area contributed by atoms with Crippen LogP contribution in [0.15, 0.2) is 18.2 Å². The highest BCUT2D eigenvalue weighted by Crippen LogP contribution is 2.32. The van der Waals surface area contributed by atoms with Gasteiger partial charge < -0.3 is 20.1 Å². The molecule has 4 nitrogen and oxygen atoms in total. The zero-order valence-corrected chi connectivity index (χ0v) is 11.3. The van der Waals surface area contributed by atoms with Crippen LogP contribution >= 0.6 is 0 Å². The number of benzene rings is 1. The Balaban J connectivity index is 1.40. The summed E-state index contributed by atoms with van der Waals surface area (Å²) >= 11 is 0. The van der Waals surface area contributed by atoms with Crippen molar-refractivity contribution < 1.29 is 9.47 Å². The molecule has 2 N–H and O–H groups in total. The Morgan fingerprint density at radius 1 is 1.16 bits per heavy atom. The van der Waals surface area contributed by atoms with Crippen LogP contribution in [0.2, 0.25) is 0 Å². The number of rotatable bonds is 5. The molecule has 0 amide bonds. The number of hydrogen-bond donors (Lipinski definition) is 2. The molecule has 0 aliphatic carbocycles. The maximum Gasteiger partial charge on any atom is 0.231 e. The molecule has 1 aromatic carbocycles. The van der Waals surface area contributed by atoms with Gasteiger partial charge in [-0.1, -0.05) is 6.07 Å². The van der Waals surface area contributed by atoms with E-state index in [-0.39, 0.29) is 0 Å². The first-order valence-electron chi connectivity index (χ1n) is 7.22. The molecule has 19 heavy (non-hydrogen) atoms. The lowest BCUT2D eigenvalue weighted by molar-refractivity contribution is 0.174. The molecule has 0 radical (unpaired) electrons. The van der Waals surface area contributed by atoms with Gasteiger partial charge in [0.1, 0.15) is 0 Å². The minimum atomic E-state index is 0.349. The molecule has 2 aliphatic rings. The van der Waals surface area contributed by atoms with E-state index in [0.29, 0.717) is 6.79 Å². The molecule has 2 aliphatic heterocycles. The topological polar surface area (TPSA) is 42.5 Å². The molecule has 3 rings (SSSR count). The first-order chi connectivity index (χ1) is 9.42. The van der Waals surface area contributed by atoms with E-state index < -0.39 is 0 Å². The maximum absolute atomic E-state index is 5.38. The lowest BCUT2D eigenvalue weighted by Gasteiger charge is -2.22. The molecule has 1 saturated heterocycles. The molecular formula is C15H22N2O2. The van der Waals surface area contributed by atoms with E-state index in [4.69, 9.17) is 9.47 Å². The second-order valence-corrected chi connectivity index (χ2v) is 5.35. The first kappa shape index (κ1) is 12.8. The fraction of sp³-hybridized carbons (Fsp3) is 0.600. The third kappa shape index (κ3) is 3.39. The second-order valence-electron chi connectivity index (χ2n) is 5.35. The molecule has 104 valence electrons. The summed E-state index contributed by atoms with van der Waals surface area (Å²) in [7, 11) is 0. The summed E-state index contributed by atoms with van der Waals surface area (Å²) < 4.78 is 10.7. The summed E-state index contributed by atoms with van der Waals surface area (Å²) in [5.74, 6) is 2.63. The van der Waals surface area contributed by atoms with Crippen LogP contribution < -0.4 is 20.1 Å². The van der Waals surface area contributed by atoms with Gasteiger partial charge in [0.25, 0.3) is 0 Å². The third-order valence-electron chi connectivity index (χ3n) is 3.95. The van der Waals surface area contributed by atoms with Crippen LogP contribution in [-0.4, -0.2) is 26.4 Å². The minimum absolute atomic E-state index is 0.349. The lowest BCUT2D eigenvalue weighted by Crippen LogP contribution is -2.29. The fourth-order valence-electron chi connectivity index (χ4n) is 2.76. The van der Waals surface area contributed by atoms with Gasteiger partial charge in [0, 0.05) is 6.54 Å². The molecule has 0 aromatic heterocycles. The SMILES string of the molecule is c1cc2c(cc1CNCCC1CCNCC1)OCO2. The summed E-state index contributed by atoms with van der Waals surface area (Å²) in [4.78, 5) is 0. The normalized spacial score (nSPS) is 18.7. The quantitative estimate of drug-likeness (QED) is 0.795. The van der Waals surface area contributed by atoms with E-state index >= 15 is 0 Å². The van der Waals surface area contributed by atoms with Crippen molar-refractivity contribution in [3.63, 3.8) is 0 Å². The van der Waals surface area contributed by atoms with E-state index in [9.17, 15) is 0 Å². The highest BCUT2D eigenvalue weighted by molar-refractivity contribution is 5.44. The fourth-order valence-corrected chi connectivity index (χ4v) is 2.76. The van der Waals surface area contributed by atoms with Crippen LogP contribution in [0, 0.1) is 5.92 Å². The van der Waals surface area contributed by atoms with Crippen LogP contribution in [0.25, 0.3) is 0 Å². The summed E-state index contributed by atoms with van der Waals surface area (Å²) in [6.45, 7) is 4.72. The molecule has 1 aromatic rings. The van der Waals surface area contributed by atoms with Crippen molar-refractivity contribution in [2.24, 2.45) is 5.92 Å². The van der Waals surface area contributed by atoms with Gasteiger partial charge in [0.15, 0.2) is 11.5 Å². The van der Waals surface area contributed by atoms with Gasteiger partial charge in [-0.3, -0.25) is 0 Å². The summed E-state index contributed by atoms with van der Waals surface area (Å²) in [6.07, 6.45) is 3.93. The van der Waals surface area contributed by atoms with E-state index in [0.717, 1.165) is 30.5 Å². The molecule has 0 spiro atoms.